The van der Waals surface area contributed by atoms with Gasteiger partial charge in [0.2, 0.25) is 11.8 Å². The quantitative estimate of drug-likeness (QED) is 0.720. The third-order valence-corrected chi connectivity index (χ3v) is 5.13. The van der Waals surface area contributed by atoms with Gasteiger partial charge in [0, 0.05) is 16.6 Å². The smallest absolute Gasteiger partial charge is 0.240 e. The molecule has 3 rings (SSSR count). The minimum atomic E-state index is -1.06. The molecule has 0 saturated heterocycles. The number of amides is 2. The average Bonchev–Trinajstić information content (AvgIpc) is 3.39. The number of halogens is 3. The van der Waals surface area contributed by atoms with Crippen molar-refractivity contribution in [2.24, 2.45) is 5.41 Å². The van der Waals surface area contributed by atoms with Crippen LogP contribution in [0.3, 0.4) is 0 Å². The zero-order chi connectivity index (χ0) is 18.0. The van der Waals surface area contributed by atoms with Gasteiger partial charge in [-0.3, -0.25) is 9.59 Å². The van der Waals surface area contributed by atoms with Crippen molar-refractivity contribution in [3.63, 3.8) is 0 Å². The van der Waals surface area contributed by atoms with E-state index in [1.807, 2.05) is 18.2 Å². The number of nitrogens with one attached hydrogen (secondary N) is 2. The molecule has 0 heterocycles. The van der Waals surface area contributed by atoms with E-state index >= 15 is 0 Å². The lowest BCUT2D eigenvalue weighted by atomic mass is 10.0. The fraction of sp³-hybridized carbons (Fsp3) is 0.222. The maximum absolute atomic E-state index is 12.6. The summed E-state index contributed by atoms with van der Waals surface area (Å²) in [7, 11) is 0. The van der Waals surface area contributed by atoms with E-state index in [1.165, 1.54) is 0 Å². The molecule has 0 radical (unpaired) electrons. The molecule has 0 bridgehead atoms. The van der Waals surface area contributed by atoms with Crippen molar-refractivity contribution in [2.45, 2.75) is 19.4 Å². The maximum atomic E-state index is 12.6. The summed E-state index contributed by atoms with van der Waals surface area (Å²) >= 11 is 18.1. The molecule has 1 aliphatic rings. The van der Waals surface area contributed by atoms with Crippen molar-refractivity contribution in [3.05, 3.63) is 63.1 Å². The monoisotopic (exact) mass is 396 g/mol. The minimum absolute atomic E-state index is 0.269. The van der Waals surface area contributed by atoms with E-state index in [2.05, 4.69) is 10.6 Å². The first-order valence-corrected chi connectivity index (χ1v) is 8.84. The number of anilines is 1. The number of rotatable bonds is 5. The highest BCUT2D eigenvalue weighted by atomic mass is 35.5. The summed E-state index contributed by atoms with van der Waals surface area (Å²) < 4.78 is 0. The van der Waals surface area contributed by atoms with Crippen molar-refractivity contribution in [2.75, 3.05) is 5.32 Å². The summed E-state index contributed by atoms with van der Waals surface area (Å²) in [4.78, 5) is 25.1. The standard InChI is InChI=1S/C18H15Cl3N2O2/c19-12-5-6-14(21)15(9-12)23-17(25)18(7-8-18)16(24)22-10-11-3-1-2-4-13(11)20/h1-6,9H,7-8,10H2,(H,22,24)(H,23,25). The van der Waals surface area contributed by atoms with Crippen LogP contribution in [0.4, 0.5) is 5.69 Å². The van der Waals surface area contributed by atoms with Crippen molar-refractivity contribution >= 4 is 52.3 Å². The zero-order valence-corrected chi connectivity index (χ0v) is 15.4. The number of hydrogen-bond donors (Lipinski definition) is 2. The molecule has 0 aromatic heterocycles. The number of carbonyl (C=O) groups excluding carboxylic acids is 2. The molecule has 2 amide bonds. The molecular weight excluding hydrogens is 383 g/mol. The van der Waals surface area contributed by atoms with E-state index in [1.54, 1.807) is 24.3 Å². The minimum Gasteiger partial charge on any atom is -0.351 e. The molecule has 0 atom stereocenters. The van der Waals surface area contributed by atoms with Gasteiger partial charge in [-0.15, -0.1) is 0 Å². The summed E-state index contributed by atoms with van der Waals surface area (Å²) in [5.41, 5.74) is 0.128. The molecule has 2 aromatic carbocycles. The summed E-state index contributed by atoms with van der Waals surface area (Å²) in [6.45, 7) is 0.269. The van der Waals surface area contributed by atoms with Crippen molar-refractivity contribution in [1.82, 2.24) is 5.32 Å². The first-order valence-electron chi connectivity index (χ1n) is 7.70. The summed E-state index contributed by atoms with van der Waals surface area (Å²) in [6.07, 6.45) is 0.983. The predicted molar refractivity (Wildman–Crippen MR) is 100 cm³/mol. The third kappa shape index (κ3) is 3.92. The molecule has 0 aliphatic heterocycles. The highest BCUT2D eigenvalue weighted by Crippen LogP contribution is 2.47. The molecule has 7 heteroatoms. The Bertz CT molecular complexity index is 835. The van der Waals surface area contributed by atoms with E-state index in [9.17, 15) is 9.59 Å². The molecule has 25 heavy (non-hydrogen) atoms. The summed E-state index contributed by atoms with van der Waals surface area (Å²) in [5, 5.41) is 6.88. The van der Waals surface area contributed by atoms with Gasteiger partial charge in [0.25, 0.3) is 0 Å². The van der Waals surface area contributed by atoms with Crippen molar-refractivity contribution in [3.8, 4) is 0 Å². The van der Waals surface area contributed by atoms with Gasteiger partial charge >= 0.3 is 0 Å². The van der Waals surface area contributed by atoms with Gasteiger partial charge in [0.15, 0.2) is 0 Å². The van der Waals surface area contributed by atoms with Gasteiger partial charge in [-0.1, -0.05) is 53.0 Å². The molecular formula is C18H15Cl3N2O2. The molecule has 2 aromatic rings. The van der Waals surface area contributed by atoms with Crippen LogP contribution in [0, 0.1) is 5.41 Å². The molecule has 0 unspecified atom stereocenters. The maximum Gasteiger partial charge on any atom is 0.240 e. The van der Waals surface area contributed by atoms with Crippen molar-refractivity contribution in [1.29, 1.82) is 0 Å². The first kappa shape index (κ1) is 18.1. The normalized spacial score (nSPS) is 14.7. The SMILES string of the molecule is O=C(NCc1ccccc1Cl)C1(C(=O)Nc2cc(Cl)ccc2Cl)CC1. The molecule has 0 spiro atoms. The molecule has 1 saturated carbocycles. The average molecular weight is 398 g/mol. The number of carbonyl (C=O) groups is 2. The van der Waals surface area contributed by atoms with E-state index in [4.69, 9.17) is 34.8 Å². The van der Waals surface area contributed by atoms with Gasteiger partial charge in [-0.25, -0.2) is 0 Å². The van der Waals surface area contributed by atoms with Crippen LogP contribution >= 0.6 is 34.8 Å². The largest absolute Gasteiger partial charge is 0.351 e. The highest BCUT2D eigenvalue weighted by Gasteiger charge is 2.56. The van der Waals surface area contributed by atoms with Crippen LogP contribution in [-0.4, -0.2) is 11.8 Å². The second kappa shape index (κ2) is 7.24. The van der Waals surface area contributed by atoms with E-state index in [0.717, 1.165) is 5.56 Å². The Balaban J connectivity index is 1.67. The zero-order valence-electron chi connectivity index (χ0n) is 13.1. The number of benzene rings is 2. The van der Waals surface area contributed by atoms with Gasteiger partial charge in [-0.05, 0) is 42.7 Å². The lowest BCUT2D eigenvalue weighted by Gasteiger charge is -2.16. The van der Waals surface area contributed by atoms with E-state index in [0.29, 0.717) is 33.6 Å². The van der Waals surface area contributed by atoms with Crippen LogP contribution < -0.4 is 10.6 Å². The summed E-state index contributed by atoms with van der Waals surface area (Å²) in [6, 6.07) is 12.0. The van der Waals surface area contributed by atoms with Crippen LogP contribution in [0.5, 0.6) is 0 Å². The van der Waals surface area contributed by atoms with Crippen LogP contribution in [-0.2, 0) is 16.1 Å². The molecule has 130 valence electrons. The van der Waals surface area contributed by atoms with E-state index < -0.39 is 5.41 Å². The Kier molecular flexibility index (Phi) is 5.23. The van der Waals surface area contributed by atoms with Gasteiger partial charge in [0.05, 0.1) is 10.7 Å². The molecule has 1 fully saturated rings. The van der Waals surface area contributed by atoms with Crippen LogP contribution in [0.25, 0.3) is 0 Å². The van der Waals surface area contributed by atoms with Crippen LogP contribution in [0.15, 0.2) is 42.5 Å². The van der Waals surface area contributed by atoms with Gasteiger partial charge in [-0.2, -0.15) is 0 Å². The van der Waals surface area contributed by atoms with Crippen molar-refractivity contribution < 1.29 is 9.59 Å². The Morgan fingerprint density at radius 1 is 0.960 bits per heavy atom. The van der Waals surface area contributed by atoms with E-state index in [-0.39, 0.29) is 18.4 Å². The highest BCUT2D eigenvalue weighted by molar-refractivity contribution is 6.36. The molecule has 2 N–H and O–H groups in total. The first-order chi connectivity index (χ1) is 11.9. The summed E-state index contributed by atoms with van der Waals surface area (Å²) in [5.74, 6) is -0.698. The molecule has 1 aliphatic carbocycles. The Morgan fingerprint density at radius 3 is 2.36 bits per heavy atom. The Hall–Kier alpha value is -1.75. The van der Waals surface area contributed by atoms with Crippen LogP contribution in [0.2, 0.25) is 15.1 Å². The predicted octanol–water partition coefficient (Wildman–Crippen LogP) is 4.68. The fourth-order valence-corrected chi connectivity index (χ4v) is 3.04. The topological polar surface area (TPSA) is 58.2 Å². The molecule has 4 nitrogen and oxygen atoms in total. The Morgan fingerprint density at radius 2 is 1.68 bits per heavy atom. The second-order valence-electron chi connectivity index (χ2n) is 5.93. The lowest BCUT2D eigenvalue weighted by molar-refractivity contribution is -0.134. The lowest BCUT2D eigenvalue weighted by Crippen LogP contribution is -2.39. The second-order valence-corrected chi connectivity index (χ2v) is 7.19. The van der Waals surface area contributed by atoms with Crippen LogP contribution in [0.1, 0.15) is 18.4 Å². The fourth-order valence-electron chi connectivity index (χ4n) is 2.50. The Labute approximate surface area is 160 Å². The van der Waals surface area contributed by atoms with Gasteiger partial charge in [0.1, 0.15) is 5.41 Å². The third-order valence-electron chi connectivity index (χ3n) is 4.19. The van der Waals surface area contributed by atoms with Gasteiger partial charge < -0.3 is 10.6 Å². The number of hydrogen-bond acceptors (Lipinski definition) is 2.